The number of fused-ring (bicyclic) bond motifs is 1. The lowest BCUT2D eigenvalue weighted by Gasteiger charge is -2.46. The first-order valence-corrected chi connectivity index (χ1v) is 9.66. The summed E-state index contributed by atoms with van der Waals surface area (Å²) in [7, 11) is 0. The van der Waals surface area contributed by atoms with Gasteiger partial charge in [0.05, 0.1) is 5.56 Å². The van der Waals surface area contributed by atoms with Crippen LogP contribution in [0.5, 0.6) is 0 Å². The van der Waals surface area contributed by atoms with Gasteiger partial charge in [-0.15, -0.1) is 0 Å². The van der Waals surface area contributed by atoms with E-state index in [1.165, 1.54) is 12.1 Å². The predicted molar refractivity (Wildman–Crippen MR) is 92.0 cm³/mol. The van der Waals surface area contributed by atoms with Gasteiger partial charge in [-0.3, -0.25) is 9.59 Å². The fraction of sp³-hybridized carbons (Fsp3) is 0.600. The summed E-state index contributed by atoms with van der Waals surface area (Å²) >= 11 is 0. The number of rotatable bonds is 2. The molecule has 0 radical (unpaired) electrons. The highest BCUT2D eigenvalue weighted by atomic mass is 19.4. The second-order valence-electron chi connectivity index (χ2n) is 8.52. The van der Waals surface area contributed by atoms with Crippen molar-refractivity contribution in [1.82, 2.24) is 10.2 Å². The third kappa shape index (κ3) is 2.72. The molecule has 3 aliphatic heterocycles. The van der Waals surface area contributed by atoms with Gasteiger partial charge in [-0.1, -0.05) is 18.2 Å². The van der Waals surface area contributed by atoms with Crippen molar-refractivity contribution in [3.63, 3.8) is 0 Å². The quantitative estimate of drug-likeness (QED) is 0.839. The third-order valence-corrected chi connectivity index (χ3v) is 6.86. The number of piperidine rings is 1. The van der Waals surface area contributed by atoms with Crippen LogP contribution in [0.1, 0.15) is 43.2 Å². The Morgan fingerprint density at radius 2 is 2.04 bits per heavy atom. The van der Waals surface area contributed by atoms with E-state index >= 15 is 0 Å². The van der Waals surface area contributed by atoms with Crippen LogP contribution in [-0.4, -0.2) is 41.6 Å². The van der Waals surface area contributed by atoms with Crippen LogP contribution in [0, 0.1) is 5.92 Å². The zero-order chi connectivity index (χ0) is 19.7. The van der Waals surface area contributed by atoms with E-state index in [1.807, 2.05) is 0 Å². The number of amides is 2. The monoisotopic (exact) mass is 394 g/mol. The number of likely N-dealkylation sites (tertiary alicyclic amines) is 1. The lowest BCUT2D eigenvalue weighted by atomic mass is 9.86. The van der Waals surface area contributed by atoms with Crippen LogP contribution < -0.4 is 5.32 Å². The molecule has 8 heteroatoms. The van der Waals surface area contributed by atoms with Crippen molar-refractivity contribution < 1.29 is 27.5 Å². The zero-order valence-corrected chi connectivity index (χ0v) is 15.2. The Bertz CT molecular complexity index is 849. The lowest BCUT2D eigenvalue weighted by Crippen LogP contribution is -2.62. The van der Waals surface area contributed by atoms with E-state index in [0.717, 1.165) is 18.1 Å². The van der Waals surface area contributed by atoms with Crippen LogP contribution in [-0.2, 0) is 25.9 Å². The molecule has 4 fully saturated rings. The molecule has 1 saturated carbocycles. The van der Waals surface area contributed by atoms with Gasteiger partial charge in [0.25, 0.3) is 5.91 Å². The van der Waals surface area contributed by atoms with Crippen LogP contribution in [0.15, 0.2) is 24.3 Å². The molecule has 3 saturated heterocycles. The van der Waals surface area contributed by atoms with E-state index in [1.54, 1.807) is 11.0 Å². The highest BCUT2D eigenvalue weighted by molar-refractivity contribution is 5.84. The maximum atomic E-state index is 13.0. The van der Waals surface area contributed by atoms with E-state index in [9.17, 15) is 22.8 Å². The van der Waals surface area contributed by atoms with Gasteiger partial charge in [0.2, 0.25) is 5.91 Å². The number of nitrogens with zero attached hydrogens (tertiary/aromatic N) is 1. The molecule has 5 rings (SSSR count). The molecule has 1 aromatic rings. The zero-order valence-electron chi connectivity index (χ0n) is 15.2. The first kappa shape index (κ1) is 18.0. The SMILES string of the molecule is O=C1CC[C@]2(C[C@@H](C(=O)N3CCC4(c5cccc(C(F)(F)F)c5)CC4C3)O2)N1. The minimum Gasteiger partial charge on any atom is -0.342 e. The molecule has 1 aromatic carbocycles. The average Bonchev–Trinajstić information content (AvgIpc) is 3.25. The highest BCUT2D eigenvalue weighted by Crippen LogP contribution is 2.59. The molecule has 1 spiro atoms. The van der Waals surface area contributed by atoms with Crippen molar-refractivity contribution in [2.75, 3.05) is 13.1 Å². The van der Waals surface area contributed by atoms with Crippen molar-refractivity contribution in [2.45, 2.75) is 55.5 Å². The molecular weight excluding hydrogens is 373 g/mol. The topological polar surface area (TPSA) is 58.6 Å². The van der Waals surface area contributed by atoms with Gasteiger partial charge < -0.3 is 15.0 Å². The number of alkyl halides is 3. The van der Waals surface area contributed by atoms with Gasteiger partial charge in [0.15, 0.2) is 0 Å². The predicted octanol–water partition coefficient (Wildman–Crippen LogP) is 2.59. The standard InChI is InChI=1S/C20H21F3N2O3/c21-20(22,23)13-3-1-2-12(8-13)18-6-7-25(11-14(18)9-18)17(27)15-10-19(28-15)5-4-16(26)24-19/h1-3,8,14-15H,4-7,9-11H2,(H,24,26)/t14?,15-,18?,19-/m0/s1. The summed E-state index contributed by atoms with van der Waals surface area (Å²) in [5.74, 6) is 0.0675. The fourth-order valence-electron chi connectivity index (χ4n) is 5.16. The summed E-state index contributed by atoms with van der Waals surface area (Å²) in [6.07, 6.45) is -1.89. The number of carbonyl (C=O) groups is 2. The Labute approximate surface area is 160 Å². The summed E-state index contributed by atoms with van der Waals surface area (Å²) in [6, 6.07) is 5.60. The van der Waals surface area contributed by atoms with Crippen molar-refractivity contribution in [1.29, 1.82) is 0 Å². The van der Waals surface area contributed by atoms with Crippen LogP contribution >= 0.6 is 0 Å². The third-order valence-electron chi connectivity index (χ3n) is 6.86. The molecule has 1 N–H and O–H groups in total. The van der Waals surface area contributed by atoms with Crippen molar-refractivity contribution in [3.05, 3.63) is 35.4 Å². The smallest absolute Gasteiger partial charge is 0.342 e. The Balaban J connectivity index is 1.23. The molecule has 0 bridgehead atoms. The van der Waals surface area contributed by atoms with Crippen LogP contribution in [0.25, 0.3) is 0 Å². The van der Waals surface area contributed by atoms with Crippen molar-refractivity contribution in [3.8, 4) is 0 Å². The largest absolute Gasteiger partial charge is 0.416 e. The molecule has 4 aliphatic rings. The fourth-order valence-corrected chi connectivity index (χ4v) is 5.16. The summed E-state index contributed by atoms with van der Waals surface area (Å²) in [5, 5.41) is 2.79. The first-order valence-electron chi connectivity index (χ1n) is 9.66. The van der Waals surface area contributed by atoms with Crippen LogP contribution in [0.3, 0.4) is 0 Å². The summed E-state index contributed by atoms with van der Waals surface area (Å²) in [4.78, 5) is 25.9. The van der Waals surface area contributed by atoms with Gasteiger partial charge in [-0.05, 0) is 30.4 Å². The molecule has 4 atom stereocenters. The Hall–Kier alpha value is -2.09. The number of nitrogens with one attached hydrogen (secondary N) is 1. The molecule has 1 aliphatic carbocycles. The van der Waals surface area contributed by atoms with E-state index in [-0.39, 0.29) is 23.1 Å². The van der Waals surface area contributed by atoms with Gasteiger partial charge in [0.1, 0.15) is 11.8 Å². The summed E-state index contributed by atoms with van der Waals surface area (Å²) < 4.78 is 44.8. The second kappa shape index (κ2) is 5.72. The van der Waals surface area contributed by atoms with Crippen LogP contribution in [0.2, 0.25) is 0 Å². The van der Waals surface area contributed by atoms with Crippen molar-refractivity contribution in [2.24, 2.45) is 5.92 Å². The number of hydrogen-bond donors (Lipinski definition) is 1. The minimum atomic E-state index is -4.35. The number of halogens is 3. The maximum absolute atomic E-state index is 13.0. The molecule has 2 amide bonds. The van der Waals surface area contributed by atoms with Crippen LogP contribution in [0.4, 0.5) is 13.2 Å². The van der Waals surface area contributed by atoms with Gasteiger partial charge in [0, 0.05) is 37.8 Å². The number of hydrogen-bond acceptors (Lipinski definition) is 3. The number of ether oxygens (including phenoxy) is 1. The van der Waals surface area contributed by atoms with Crippen molar-refractivity contribution >= 4 is 11.8 Å². The first-order chi connectivity index (χ1) is 13.2. The summed E-state index contributed by atoms with van der Waals surface area (Å²) in [6.45, 7) is 1.07. The average molecular weight is 394 g/mol. The summed E-state index contributed by atoms with van der Waals surface area (Å²) in [5.41, 5.74) is -0.782. The Kier molecular flexibility index (Phi) is 3.67. The number of carbonyl (C=O) groups excluding carboxylic acids is 2. The molecule has 150 valence electrons. The number of benzene rings is 1. The van der Waals surface area contributed by atoms with E-state index in [2.05, 4.69) is 5.32 Å². The molecular formula is C20H21F3N2O3. The van der Waals surface area contributed by atoms with Gasteiger partial charge in [-0.2, -0.15) is 13.2 Å². The second-order valence-corrected chi connectivity index (χ2v) is 8.52. The van der Waals surface area contributed by atoms with E-state index in [0.29, 0.717) is 38.8 Å². The highest BCUT2D eigenvalue weighted by Gasteiger charge is 2.60. The molecule has 3 heterocycles. The molecule has 5 nitrogen and oxygen atoms in total. The minimum absolute atomic E-state index is 0.0484. The Morgan fingerprint density at radius 1 is 1.25 bits per heavy atom. The van der Waals surface area contributed by atoms with Gasteiger partial charge in [-0.25, -0.2) is 0 Å². The van der Waals surface area contributed by atoms with E-state index in [4.69, 9.17) is 4.74 Å². The lowest BCUT2D eigenvalue weighted by molar-refractivity contribution is -0.220. The molecule has 28 heavy (non-hydrogen) atoms. The molecule has 0 aromatic heterocycles. The Morgan fingerprint density at radius 3 is 2.68 bits per heavy atom. The molecule has 2 unspecified atom stereocenters. The normalized spacial score (nSPS) is 36.7. The van der Waals surface area contributed by atoms with E-state index < -0.39 is 23.6 Å². The maximum Gasteiger partial charge on any atom is 0.416 e. The van der Waals surface area contributed by atoms with Gasteiger partial charge >= 0.3 is 6.18 Å².